The molecule has 2 heterocycles. The van der Waals surface area contributed by atoms with Gasteiger partial charge in [-0.15, -0.1) is 11.3 Å². The van der Waals surface area contributed by atoms with Crippen LogP contribution in [0.3, 0.4) is 0 Å². The van der Waals surface area contributed by atoms with Gasteiger partial charge in [0, 0.05) is 37.8 Å². The van der Waals surface area contributed by atoms with Crippen LogP contribution in [0.25, 0.3) is 0 Å². The summed E-state index contributed by atoms with van der Waals surface area (Å²) >= 11 is 1.65. The molecule has 106 valence electrons. The van der Waals surface area contributed by atoms with E-state index in [9.17, 15) is 4.79 Å². The molecule has 1 atom stereocenters. The third kappa shape index (κ3) is 3.45. The Bertz CT molecular complexity index is 407. The minimum Gasteiger partial charge on any atom is -0.346 e. The van der Waals surface area contributed by atoms with Crippen molar-refractivity contribution in [3.8, 4) is 0 Å². The topological polar surface area (TPSA) is 62.5 Å². The van der Waals surface area contributed by atoms with Gasteiger partial charge >= 0.3 is 0 Å². The molecule has 1 aliphatic rings. The first kappa shape index (κ1) is 14.3. The number of carbonyl (C=O) groups is 1. The Morgan fingerprint density at radius 1 is 1.37 bits per heavy atom. The fourth-order valence-electron chi connectivity index (χ4n) is 2.20. The van der Waals surface area contributed by atoms with Crippen molar-refractivity contribution in [2.24, 2.45) is 11.7 Å². The van der Waals surface area contributed by atoms with E-state index >= 15 is 0 Å². The van der Waals surface area contributed by atoms with Crippen molar-refractivity contribution in [2.45, 2.75) is 26.3 Å². The number of amides is 1. The molecule has 1 aliphatic heterocycles. The zero-order chi connectivity index (χ0) is 13.8. The third-order valence-corrected chi connectivity index (χ3v) is 4.33. The largest absolute Gasteiger partial charge is 0.346 e. The molecule has 0 unspecified atom stereocenters. The highest BCUT2D eigenvalue weighted by Crippen LogP contribution is 2.19. The predicted molar refractivity (Wildman–Crippen MR) is 78.3 cm³/mol. The zero-order valence-corrected chi connectivity index (χ0v) is 12.4. The van der Waals surface area contributed by atoms with Crippen LogP contribution in [-0.4, -0.2) is 48.0 Å². The van der Waals surface area contributed by atoms with E-state index in [4.69, 9.17) is 5.73 Å². The molecule has 6 heteroatoms. The number of anilines is 1. The summed E-state index contributed by atoms with van der Waals surface area (Å²) in [6, 6.07) is -0.383. The van der Waals surface area contributed by atoms with Gasteiger partial charge in [-0.25, -0.2) is 4.98 Å². The minimum atomic E-state index is -0.383. The Hall–Kier alpha value is -1.14. The van der Waals surface area contributed by atoms with Crippen molar-refractivity contribution in [3.63, 3.8) is 0 Å². The fourth-order valence-corrected chi connectivity index (χ4v) is 2.89. The number of aromatic nitrogens is 1. The van der Waals surface area contributed by atoms with Crippen LogP contribution >= 0.6 is 11.3 Å². The van der Waals surface area contributed by atoms with Gasteiger partial charge in [-0.2, -0.15) is 0 Å². The Balaban J connectivity index is 1.95. The third-order valence-electron chi connectivity index (χ3n) is 3.50. The van der Waals surface area contributed by atoms with Crippen LogP contribution < -0.4 is 10.6 Å². The lowest BCUT2D eigenvalue weighted by Gasteiger charge is -2.26. The molecule has 2 rings (SSSR count). The lowest BCUT2D eigenvalue weighted by atomic mass is 10.0. The van der Waals surface area contributed by atoms with E-state index in [0.717, 1.165) is 37.7 Å². The van der Waals surface area contributed by atoms with Crippen molar-refractivity contribution in [2.75, 3.05) is 31.1 Å². The fraction of sp³-hybridized carbons (Fsp3) is 0.692. The lowest BCUT2D eigenvalue weighted by Crippen LogP contribution is -2.47. The lowest BCUT2D eigenvalue weighted by molar-refractivity contribution is -0.133. The van der Waals surface area contributed by atoms with Gasteiger partial charge in [-0.1, -0.05) is 13.8 Å². The van der Waals surface area contributed by atoms with Crippen molar-refractivity contribution < 1.29 is 4.79 Å². The van der Waals surface area contributed by atoms with Crippen molar-refractivity contribution in [1.29, 1.82) is 0 Å². The SMILES string of the molecule is CC(C)[C@H](N)C(=O)N1CCCN(c2nccs2)CC1. The summed E-state index contributed by atoms with van der Waals surface area (Å²) in [5.74, 6) is 0.266. The molecule has 5 nitrogen and oxygen atoms in total. The molecular formula is C13H22N4OS. The Morgan fingerprint density at radius 2 is 2.16 bits per heavy atom. The van der Waals surface area contributed by atoms with Gasteiger partial charge in [0.15, 0.2) is 5.13 Å². The van der Waals surface area contributed by atoms with Crippen LogP contribution in [-0.2, 0) is 4.79 Å². The normalized spacial score (nSPS) is 18.5. The molecule has 1 aromatic rings. The summed E-state index contributed by atoms with van der Waals surface area (Å²) < 4.78 is 0. The maximum Gasteiger partial charge on any atom is 0.239 e. The number of nitrogens with zero attached hydrogens (tertiary/aromatic N) is 3. The molecular weight excluding hydrogens is 260 g/mol. The summed E-state index contributed by atoms with van der Waals surface area (Å²) in [4.78, 5) is 20.7. The zero-order valence-electron chi connectivity index (χ0n) is 11.6. The summed E-state index contributed by atoms with van der Waals surface area (Å²) in [5, 5.41) is 3.03. The number of carbonyl (C=O) groups excluding carboxylic acids is 1. The van der Waals surface area contributed by atoms with Crippen LogP contribution in [0, 0.1) is 5.92 Å². The second-order valence-electron chi connectivity index (χ2n) is 5.25. The first-order valence-corrected chi connectivity index (χ1v) is 7.66. The van der Waals surface area contributed by atoms with Gasteiger partial charge in [0.2, 0.25) is 5.91 Å². The molecule has 0 spiro atoms. The maximum absolute atomic E-state index is 12.3. The van der Waals surface area contributed by atoms with Crippen molar-refractivity contribution >= 4 is 22.4 Å². The van der Waals surface area contributed by atoms with Gasteiger partial charge in [0.25, 0.3) is 0 Å². The number of rotatable bonds is 3. The summed E-state index contributed by atoms with van der Waals surface area (Å²) in [5.41, 5.74) is 5.96. The summed E-state index contributed by atoms with van der Waals surface area (Å²) in [6.07, 6.45) is 2.79. The van der Waals surface area contributed by atoms with Crippen LogP contribution in [0.15, 0.2) is 11.6 Å². The van der Waals surface area contributed by atoms with Crippen LogP contribution in [0.5, 0.6) is 0 Å². The molecule has 0 radical (unpaired) electrons. The van der Waals surface area contributed by atoms with E-state index in [1.165, 1.54) is 0 Å². The molecule has 0 aromatic carbocycles. The molecule has 1 aromatic heterocycles. The number of hydrogen-bond acceptors (Lipinski definition) is 5. The molecule has 2 N–H and O–H groups in total. The quantitative estimate of drug-likeness (QED) is 0.904. The highest BCUT2D eigenvalue weighted by atomic mass is 32.1. The van der Waals surface area contributed by atoms with E-state index in [1.807, 2.05) is 30.3 Å². The second-order valence-corrected chi connectivity index (χ2v) is 6.12. The second kappa shape index (κ2) is 6.34. The standard InChI is InChI=1S/C13H22N4OS/c1-10(2)11(14)12(18)16-5-3-6-17(8-7-16)13-15-4-9-19-13/h4,9-11H,3,5-8,14H2,1-2H3/t11-/m0/s1. The van der Waals surface area contributed by atoms with E-state index in [0.29, 0.717) is 0 Å². The number of thiazole rings is 1. The van der Waals surface area contributed by atoms with Crippen LogP contribution in [0.1, 0.15) is 20.3 Å². The predicted octanol–water partition coefficient (Wildman–Crippen LogP) is 1.17. The van der Waals surface area contributed by atoms with Gasteiger partial charge in [0.1, 0.15) is 0 Å². The Labute approximate surface area is 118 Å². The van der Waals surface area contributed by atoms with E-state index in [-0.39, 0.29) is 17.9 Å². The number of hydrogen-bond donors (Lipinski definition) is 1. The molecule has 1 saturated heterocycles. The van der Waals surface area contributed by atoms with E-state index < -0.39 is 0 Å². The Kier molecular flexibility index (Phi) is 4.76. The monoisotopic (exact) mass is 282 g/mol. The molecule has 0 saturated carbocycles. The first-order valence-electron chi connectivity index (χ1n) is 6.78. The molecule has 1 fully saturated rings. The molecule has 19 heavy (non-hydrogen) atoms. The average molecular weight is 282 g/mol. The van der Waals surface area contributed by atoms with Crippen molar-refractivity contribution in [3.05, 3.63) is 11.6 Å². The highest BCUT2D eigenvalue weighted by molar-refractivity contribution is 7.13. The van der Waals surface area contributed by atoms with Crippen molar-refractivity contribution in [1.82, 2.24) is 9.88 Å². The van der Waals surface area contributed by atoms with Gasteiger partial charge < -0.3 is 15.5 Å². The van der Waals surface area contributed by atoms with Crippen LogP contribution in [0.4, 0.5) is 5.13 Å². The van der Waals surface area contributed by atoms with Crippen LogP contribution in [0.2, 0.25) is 0 Å². The smallest absolute Gasteiger partial charge is 0.239 e. The average Bonchev–Trinajstić information content (AvgIpc) is 2.81. The van der Waals surface area contributed by atoms with E-state index in [2.05, 4.69) is 9.88 Å². The molecule has 0 aliphatic carbocycles. The molecule has 0 bridgehead atoms. The number of nitrogens with two attached hydrogens (primary N) is 1. The maximum atomic E-state index is 12.3. The van der Waals surface area contributed by atoms with Gasteiger partial charge in [-0.3, -0.25) is 4.79 Å². The summed E-state index contributed by atoms with van der Waals surface area (Å²) in [7, 11) is 0. The first-order chi connectivity index (χ1) is 9.09. The minimum absolute atomic E-state index is 0.0796. The van der Waals surface area contributed by atoms with E-state index in [1.54, 1.807) is 11.3 Å². The van der Waals surface area contributed by atoms with Gasteiger partial charge in [-0.05, 0) is 12.3 Å². The Morgan fingerprint density at radius 3 is 2.79 bits per heavy atom. The highest BCUT2D eigenvalue weighted by Gasteiger charge is 2.25. The molecule has 1 amide bonds. The summed E-state index contributed by atoms with van der Waals surface area (Å²) in [6.45, 7) is 7.29. The van der Waals surface area contributed by atoms with Gasteiger partial charge in [0.05, 0.1) is 6.04 Å².